The van der Waals surface area contributed by atoms with Crippen molar-refractivity contribution in [1.29, 1.82) is 0 Å². The predicted molar refractivity (Wildman–Crippen MR) is 59.0 cm³/mol. The summed E-state index contributed by atoms with van der Waals surface area (Å²) >= 11 is 5.61. The van der Waals surface area contributed by atoms with Crippen molar-refractivity contribution >= 4 is 17.4 Å². The Morgan fingerprint density at radius 2 is 2.25 bits per heavy atom. The first-order valence-corrected chi connectivity index (χ1v) is 5.39. The van der Waals surface area contributed by atoms with Crippen LogP contribution in [-0.2, 0) is 4.74 Å². The second-order valence-corrected chi connectivity index (χ2v) is 3.95. The van der Waals surface area contributed by atoms with Crippen LogP contribution in [0.2, 0.25) is 5.02 Å². The molecule has 1 aliphatic heterocycles. The molecule has 1 aliphatic rings. The molecule has 2 nitrogen and oxygen atoms in total. The summed E-state index contributed by atoms with van der Waals surface area (Å²) < 4.78 is 18.7. The van der Waals surface area contributed by atoms with E-state index in [0.29, 0.717) is 6.61 Å². The predicted octanol–water partition coefficient (Wildman–Crippen LogP) is 3.36. The largest absolute Gasteiger partial charge is 0.490 e. The maximum atomic E-state index is 13.5. The molecule has 4 heteroatoms. The zero-order chi connectivity index (χ0) is 11.5. The number of benzene rings is 1. The zero-order valence-corrected chi connectivity index (χ0v) is 9.26. The molecular weight excluding hydrogens is 231 g/mol. The summed E-state index contributed by atoms with van der Waals surface area (Å²) in [5, 5.41) is 0.271. The molecule has 0 atom stereocenters. The van der Waals surface area contributed by atoms with Crippen LogP contribution in [0.4, 0.5) is 4.39 Å². The van der Waals surface area contributed by atoms with Crippen molar-refractivity contribution in [3.8, 4) is 0 Å². The number of hydrogen-bond donors (Lipinski definition) is 0. The second kappa shape index (κ2) is 4.66. The Bertz CT molecular complexity index is 454. The molecule has 0 amide bonds. The smallest absolute Gasteiger partial charge is 0.230 e. The molecule has 1 aromatic rings. The van der Waals surface area contributed by atoms with E-state index < -0.39 is 11.6 Å². The summed E-state index contributed by atoms with van der Waals surface area (Å²) in [6.45, 7) is 0.507. The van der Waals surface area contributed by atoms with E-state index in [1.807, 2.05) is 0 Å². The van der Waals surface area contributed by atoms with E-state index in [2.05, 4.69) is 0 Å². The topological polar surface area (TPSA) is 26.3 Å². The lowest BCUT2D eigenvalue weighted by Gasteiger charge is -2.13. The van der Waals surface area contributed by atoms with Crippen LogP contribution in [0.25, 0.3) is 0 Å². The molecule has 0 saturated carbocycles. The number of Topliss-reactive ketones (excluding diaryl/α,β-unsaturated/α-hetero) is 1. The van der Waals surface area contributed by atoms with Gasteiger partial charge >= 0.3 is 0 Å². The maximum Gasteiger partial charge on any atom is 0.230 e. The lowest BCUT2D eigenvalue weighted by Crippen LogP contribution is -2.12. The molecule has 1 aromatic carbocycles. The fourth-order valence-corrected chi connectivity index (χ4v) is 1.68. The highest BCUT2D eigenvalue weighted by Gasteiger charge is 2.19. The van der Waals surface area contributed by atoms with Gasteiger partial charge < -0.3 is 4.74 Å². The van der Waals surface area contributed by atoms with Crippen molar-refractivity contribution in [2.45, 2.75) is 12.8 Å². The molecular formula is C12H10ClFO2. The first-order chi connectivity index (χ1) is 7.68. The van der Waals surface area contributed by atoms with Gasteiger partial charge in [-0.25, -0.2) is 4.39 Å². The summed E-state index contributed by atoms with van der Waals surface area (Å²) in [5.74, 6) is -0.811. The minimum atomic E-state index is -0.618. The maximum absolute atomic E-state index is 13.5. The van der Waals surface area contributed by atoms with Crippen molar-refractivity contribution < 1.29 is 13.9 Å². The van der Waals surface area contributed by atoms with Crippen LogP contribution in [0, 0.1) is 5.82 Å². The Labute approximate surface area is 97.7 Å². The van der Waals surface area contributed by atoms with Crippen LogP contribution in [0.1, 0.15) is 23.2 Å². The van der Waals surface area contributed by atoms with Crippen LogP contribution in [0.5, 0.6) is 0 Å². The normalized spacial score (nSPS) is 15.2. The highest BCUT2D eigenvalue weighted by atomic mass is 35.5. The molecule has 1 heterocycles. The van der Waals surface area contributed by atoms with Gasteiger partial charge in [0, 0.05) is 5.02 Å². The highest BCUT2D eigenvalue weighted by Crippen LogP contribution is 2.20. The Morgan fingerprint density at radius 3 is 2.88 bits per heavy atom. The Morgan fingerprint density at radius 1 is 1.44 bits per heavy atom. The number of rotatable bonds is 2. The van der Waals surface area contributed by atoms with Gasteiger partial charge in [-0.2, -0.15) is 0 Å². The van der Waals surface area contributed by atoms with Crippen molar-refractivity contribution in [3.05, 3.63) is 46.4 Å². The fourth-order valence-electron chi connectivity index (χ4n) is 1.52. The Kier molecular flexibility index (Phi) is 3.25. The van der Waals surface area contributed by atoms with E-state index in [0.717, 1.165) is 18.9 Å². The van der Waals surface area contributed by atoms with Crippen molar-refractivity contribution in [3.63, 3.8) is 0 Å². The van der Waals surface area contributed by atoms with Gasteiger partial charge in [-0.1, -0.05) is 11.6 Å². The van der Waals surface area contributed by atoms with E-state index in [9.17, 15) is 9.18 Å². The third-order valence-corrected chi connectivity index (χ3v) is 2.57. The number of halogens is 2. The summed E-state index contributed by atoms with van der Waals surface area (Å²) in [4.78, 5) is 11.9. The first kappa shape index (κ1) is 11.1. The standard InChI is InChI=1S/C12H10ClFO2/c13-8-4-5-9(10(14)7-8)12(15)11-3-1-2-6-16-11/h3-5,7H,1-2,6H2. The first-order valence-electron chi connectivity index (χ1n) is 5.01. The van der Waals surface area contributed by atoms with Crippen LogP contribution < -0.4 is 0 Å². The highest BCUT2D eigenvalue weighted by molar-refractivity contribution is 6.30. The quantitative estimate of drug-likeness (QED) is 0.741. The number of ketones is 1. The molecule has 0 radical (unpaired) electrons. The summed E-state index contributed by atoms with van der Waals surface area (Å²) in [5.41, 5.74) is -0.00227. The average Bonchev–Trinajstić information content (AvgIpc) is 2.29. The van der Waals surface area contributed by atoms with Gasteiger partial charge in [0.2, 0.25) is 5.78 Å². The number of hydrogen-bond acceptors (Lipinski definition) is 2. The molecule has 84 valence electrons. The fraction of sp³-hybridized carbons (Fsp3) is 0.250. The van der Waals surface area contributed by atoms with Crippen LogP contribution in [-0.4, -0.2) is 12.4 Å². The summed E-state index contributed by atoms with van der Waals surface area (Å²) in [6.07, 6.45) is 3.37. The molecule has 16 heavy (non-hydrogen) atoms. The van der Waals surface area contributed by atoms with E-state index in [1.54, 1.807) is 6.08 Å². The van der Waals surface area contributed by atoms with Crippen molar-refractivity contribution in [1.82, 2.24) is 0 Å². The molecule has 0 spiro atoms. The second-order valence-electron chi connectivity index (χ2n) is 3.51. The summed E-state index contributed by atoms with van der Waals surface area (Å²) in [7, 11) is 0. The van der Waals surface area contributed by atoms with E-state index in [4.69, 9.17) is 16.3 Å². The lowest BCUT2D eigenvalue weighted by atomic mass is 10.1. The lowest BCUT2D eigenvalue weighted by molar-refractivity contribution is 0.0895. The monoisotopic (exact) mass is 240 g/mol. The van der Waals surface area contributed by atoms with E-state index in [1.165, 1.54) is 12.1 Å². The number of allylic oxidation sites excluding steroid dienone is 2. The van der Waals surface area contributed by atoms with E-state index >= 15 is 0 Å². The van der Waals surface area contributed by atoms with Gasteiger partial charge in [0.1, 0.15) is 5.82 Å². The number of carbonyl (C=O) groups is 1. The Hall–Kier alpha value is -1.35. The molecule has 2 rings (SSSR count). The van der Waals surface area contributed by atoms with E-state index in [-0.39, 0.29) is 16.3 Å². The van der Waals surface area contributed by atoms with Crippen LogP contribution >= 0.6 is 11.6 Å². The molecule has 0 bridgehead atoms. The molecule has 0 aliphatic carbocycles. The minimum Gasteiger partial charge on any atom is -0.490 e. The van der Waals surface area contributed by atoms with Gasteiger partial charge in [0.05, 0.1) is 12.2 Å². The average molecular weight is 241 g/mol. The number of carbonyl (C=O) groups excluding carboxylic acids is 1. The van der Waals surface area contributed by atoms with Crippen molar-refractivity contribution in [2.24, 2.45) is 0 Å². The van der Waals surface area contributed by atoms with Gasteiger partial charge in [-0.3, -0.25) is 4.79 Å². The summed E-state index contributed by atoms with van der Waals surface area (Å²) in [6, 6.07) is 3.98. The third kappa shape index (κ3) is 2.25. The van der Waals surface area contributed by atoms with Gasteiger partial charge in [0.15, 0.2) is 5.76 Å². The third-order valence-electron chi connectivity index (χ3n) is 2.34. The Balaban J connectivity index is 2.30. The number of ether oxygens (including phenoxy) is 1. The molecule has 0 saturated heterocycles. The van der Waals surface area contributed by atoms with Gasteiger partial charge in [-0.05, 0) is 37.1 Å². The van der Waals surface area contributed by atoms with Gasteiger partial charge in [-0.15, -0.1) is 0 Å². The molecule has 0 aromatic heterocycles. The van der Waals surface area contributed by atoms with Crippen LogP contribution in [0.3, 0.4) is 0 Å². The van der Waals surface area contributed by atoms with Gasteiger partial charge in [0.25, 0.3) is 0 Å². The van der Waals surface area contributed by atoms with Crippen LogP contribution in [0.15, 0.2) is 30.0 Å². The van der Waals surface area contributed by atoms with Crippen molar-refractivity contribution in [2.75, 3.05) is 6.61 Å². The molecule has 0 fully saturated rings. The SMILES string of the molecule is O=C(C1=CCCCO1)c1ccc(Cl)cc1F. The molecule has 0 unspecified atom stereocenters. The zero-order valence-electron chi connectivity index (χ0n) is 8.50. The molecule has 0 N–H and O–H groups in total. The minimum absolute atomic E-state index is 0.00227.